The topological polar surface area (TPSA) is 68.8 Å². The average Bonchev–Trinajstić information content (AvgIpc) is 3.33. The van der Waals surface area contributed by atoms with Crippen molar-refractivity contribution in [1.29, 1.82) is 0 Å². The molecule has 1 saturated heterocycles. The van der Waals surface area contributed by atoms with Crippen molar-refractivity contribution < 1.29 is 4.79 Å². The Morgan fingerprint density at radius 3 is 2.60 bits per heavy atom. The van der Waals surface area contributed by atoms with Gasteiger partial charge in [0, 0.05) is 30.5 Å². The molecule has 1 aliphatic heterocycles. The van der Waals surface area contributed by atoms with Crippen LogP contribution in [0.4, 0.5) is 0 Å². The highest BCUT2D eigenvalue weighted by atomic mass is 16.2. The van der Waals surface area contributed by atoms with Gasteiger partial charge < -0.3 is 4.90 Å². The summed E-state index contributed by atoms with van der Waals surface area (Å²) in [5, 5.41) is 12.0. The highest BCUT2D eigenvalue weighted by molar-refractivity contribution is 5.94. The molecular weight excluding hydrogens is 316 g/mol. The fourth-order valence-corrected chi connectivity index (χ4v) is 3.28. The molecule has 0 bridgehead atoms. The average molecular weight is 336 g/mol. The summed E-state index contributed by atoms with van der Waals surface area (Å²) in [6, 6.07) is 7.80. The number of carbonyl (C=O) groups is 1. The number of hydrogen-bond acceptors (Lipinski definition) is 4. The minimum atomic E-state index is 0.0730. The van der Waals surface area contributed by atoms with Gasteiger partial charge >= 0.3 is 0 Å². The van der Waals surface area contributed by atoms with E-state index in [9.17, 15) is 4.79 Å². The van der Waals surface area contributed by atoms with E-state index in [2.05, 4.69) is 15.3 Å². The van der Waals surface area contributed by atoms with E-state index in [-0.39, 0.29) is 11.9 Å². The van der Waals surface area contributed by atoms with Crippen molar-refractivity contribution >= 4 is 5.91 Å². The standard InChI is InChI=1S/C18H20N6O/c1-14-9-21-24(10-14)17-3-2-8-22(11-17)18(25)15-4-6-16(7-5-15)23-12-19-20-13-23/h4-7,9-10,12-13,17H,2-3,8,11H2,1H3/t17-/m0/s1. The van der Waals surface area contributed by atoms with Gasteiger partial charge in [-0.3, -0.25) is 14.0 Å². The molecule has 3 heterocycles. The van der Waals surface area contributed by atoms with Gasteiger partial charge in [-0.05, 0) is 49.6 Å². The van der Waals surface area contributed by atoms with Crippen LogP contribution in [0.2, 0.25) is 0 Å². The fraction of sp³-hybridized carbons (Fsp3) is 0.333. The van der Waals surface area contributed by atoms with Crippen LogP contribution in [0.1, 0.15) is 34.8 Å². The van der Waals surface area contributed by atoms with E-state index in [1.54, 1.807) is 12.7 Å². The summed E-state index contributed by atoms with van der Waals surface area (Å²) < 4.78 is 3.80. The Hall–Kier alpha value is -2.96. The van der Waals surface area contributed by atoms with Gasteiger partial charge in [0.25, 0.3) is 5.91 Å². The zero-order valence-electron chi connectivity index (χ0n) is 14.1. The van der Waals surface area contributed by atoms with Gasteiger partial charge in [-0.1, -0.05) is 0 Å². The first kappa shape index (κ1) is 15.6. The van der Waals surface area contributed by atoms with Crippen molar-refractivity contribution in [1.82, 2.24) is 29.4 Å². The van der Waals surface area contributed by atoms with Gasteiger partial charge in [0.15, 0.2) is 0 Å². The maximum absolute atomic E-state index is 12.8. The molecule has 0 N–H and O–H groups in total. The summed E-state index contributed by atoms with van der Waals surface area (Å²) in [6.45, 7) is 3.53. The van der Waals surface area contributed by atoms with Gasteiger partial charge in [0.05, 0.1) is 12.2 Å². The van der Waals surface area contributed by atoms with Crippen LogP contribution in [-0.2, 0) is 0 Å². The summed E-state index contributed by atoms with van der Waals surface area (Å²) in [4.78, 5) is 14.8. The van der Waals surface area contributed by atoms with Crippen molar-refractivity contribution in [2.75, 3.05) is 13.1 Å². The van der Waals surface area contributed by atoms with Crippen LogP contribution >= 0.6 is 0 Å². The number of likely N-dealkylation sites (tertiary alicyclic amines) is 1. The molecule has 1 aliphatic rings. The van der Waals surface area contributed by atoms with Gasteiger partial charge in [0.1, 0.15) is 12.7 Å². The molecule has 0 saturated carbocycles. The Morgan fingerprint density at radius 1 is 1.16 bits per heavy atom. The second-order valence-corrected chi connectivity index (χ2v) is 6.46. The van der Waals surface area contributed by atoms with E-state index < -0.39 is 0 Å². The third-order valence-electron chi connectivity index (χ3n) is 4.62. The zero-order chi connectivity index (χ0) is 17.2. The maximum Gasteiger partial charge on any atom is 0.253 e. The van der Waals surface area contributed by atoms with E-state index in [1.165, 1.54) is 0 Å². The van der Waals surface area contributed by atoms with Crippen LogP contribution in [0, 0.1) is 6.92 Å². The molecule has 1 amide bonds. The molecule has 0 aliphatic carbocycles. The maximum atomic E-state index is 12.8. The van der Waals surface area contributed by atoms with Crippen LogP contribution in [0.5, 0.6) is 0 Å². The summed E-state index contributed by atoms with van der Waals surface area (Å²) in [5.74, 6) is 0.0730. The van der Waals surface area contributed by atoms with Gasteiger partial charge in [-0.2, -0.15) is 5.10 Å². The van der Waals surface area contributed by atoms with E-state index in [1.807, 2.05) is 57.7 Å². The fourth-order valence-electron chi connectivity index (χ4n) is 3.28. The lowest BCUT2D eigenvalue weighted by atomic mass is 10.0. The molecule has 0 unspecified atom stereocenters. The van der Waals surface area contributed by atoms with Crippen LogP contribution < -0.4 is 0 Å². The molecule has 2 aromatic heterocycles. The van der Waals surface area contributed by atoms with E-state index in [0.29, 0.717) is 12.1 Å². The third kappa shape index (κ3) is 3.17. The smallest absolute Gasteiger partial charge is 0.253 e. The largest absolute Gasteiger partial charge is 0.337 e. The monoisotopic (exact) mass is 336 g/mol. The van der Waals surface area contributed by atoms with Gasteiger partial charge in [-0.15, -0.1) is 10.2 Å². The van der Waals surface area contributed by atoms with Crippen LogP contribution in [0.15, 0.2) is 49.3 Å². The van der Waals surface area contributed by atoms with Crippen molar-refractivity contribution in [3.8, 4) is 5.69 Å². The summed E-state index contributed by atoms with van der Waals surface area (Å²) in [5.41, 5.74) is 2.78. The Bertz CT molecular complexity index is 852. The second-order valence-electron chi connectivity index (χ2n) is 6.46. The lowest BCUT2D eigenvalue weighted by Gasteiger charge is -2.33. The number of piperidine rings is 1. The molecule has 1 fully saturated rings. The highest BCUT2D eigenvalue weighted by Gasteiger charge is 2.25. The molecule has 1 atom stereocenters. The number of aryl methyl sites for hydroxylation is 1. The number of amides is 1. The lowest BCUT2D eigenvalue weighted by molar-refractivity contribution is 0.0673. The molecule has 0 radical (unpaired) electrons. The molecule has 7 nitrogen and oxygen atoms in total. The molecule has 0 spiro atoms. The Balaban J connectivity index is 1.48. The van der Waals surface area contributed by atoms with Gasteiger partial charge in [-0.25, -0.2) is 0 Å². The summed E-state index contributed by atoms with van der Waals surface area (Å²) in [6.07, 6.45) is 9.23. The Morgan fingerprint density at radius 2 is 1.92 bits per heavy atom. The summed E-state index contributed by atoms with van der Waals surface area (Å²) >= 11 is 0. The van der Waals surface area contributed by atoms with Crippen molar-refractivity contribution in [2.45, 2.75) is 25.8 Å². The molecule has 3 aromatic rings. The Labute approximate surface area is 145 Å². The minimum absolute atomic E-state index is 0.0730. The quantitative estimate of drug-likeness (QED) is 0.736. The van der Waals surface area contributed by atoms with E-state index in [4.69, 9.17) is 0 Å². The van der Waals surface area contributed by atoms with E-state index >= 15 is 0 Å². The van der Waals surface area contributed by atoms with Crippen molar-refractivity contribution in [3.05, 3.63) is 60.4 Å². The molecular formula is C18H20N6O. The normalized spacial score (nSPS) is 17.6. The number of hydrogen-bond donors (Lipinski definition) is 0. The lowest BCUT2D eigenvalue weighted by Crippen LogP contribution is -2.40. The first-order valence-electron chi connectivity index (χ1n) is 8.46. The molecule has 128 valence electrons. The van der Waals surface area contributed by atoms with E-state index in [0.717, 1.165) is 30.6 Å². The van der Waals surface area contributed by atoms with Crippen molar-refractivity contribution in [3.63, 3.8) is 0 Å². The number of aromatic nitrogens is 5. The predicted molar refractivity (Wildman–Crippen MR) is 92.5 cm³/mol. The molecule has 7 heteroatoms. The molecule has 1 aromatic carbocycles. The van der Waals surface area contributed by atoms with Crippen LogP contribution in [0.25, 0.3) is 5.69 Å². The van der Waals surface area contributed by atoms with Crippen LogP contribution in [0.3, 0.4) is 0 Å². The number of nitrogens with zero attached hydrogens (tertiary/aromatic N) is 6. The SMILES string of the molecule is Cc1cnn([C@H]2CCCN(C(=O)c3ccc(-n4cnnc4)cc3)C2)c1. The number of rotatable bonds is 3. The van der Waals surface area contributed by atoms with Crippen LogP contribution in [-0.4, -0.2) is 48.4 Å². The number of benzene rings is 1. The first-order chi connectivity index (χ1) is 12.2. The first-order valence-corrected chi connectivity index (χ1v) is 8.46. The molecule has 4 rings (SSSR count). The van der Waals surface area contributed by atoms with Crippen molar-refractivity contribution in [2.24, 2.45) is 0 Å². The molecule has 25 heavy (non-hydrogen) atoms. The minimum Gasteiger partial charge on any atom is -0.337 e. The Kier molecular flexibility index (Phi) is 4.05. The zero-order valence-corrected chi connectivity index (χ0v) is 14.1. The predicted octanol–water partition coefficient (Wildman–Crippen LogP) is 2.25. The highest BCUT2D eigenvalue weighted by Crippen LogP contribution is 2.23. The van der Waals surface area contributed by atoms with Gasteiger partial charge in [0.2, 0.25) is 0 Å². The second kappa shape index (κ2) is 6.51. The third-order valence-corrected chi connectivity index (χ3v) is 4.62. The summed E-state index contributed by atoms with van der Waals surface area (Å²) in [7, 11) is 0. The number of carbonyl (C=O) groups excluding carboxylic acids is 1.